The number of nitrogens with zero attached hydrogens (tertiary/aromatic N) is 5. The fourth-order valence-corrected chi connectivity index (χ4v) is 3.48. The molecule has 0 saturated carbocycles. The Morgan fingerprint density at radius 2 is 1.81 bits per heavy atom. The van der Waals surface area contributed by atoms with Crippen LogP contribution in [-0.2, 0) is 11.0 Å². The van der Waals surface area contributed by atoms with Gasteiger partial charge in [0.1, 0.15) is 17.2 Å². The van der Waals surface area contributed by atoms with Gasteiger partial charge in [0.25, 0.3) is 0 Å². The van der Waals surface area contributed by atoms with E-state index in [1.807, 2.05) is 0 Å². The largest absolute Gasteiger partial charge is 0.418 e. The van der Waals surface area contributed by atoms with Crippen molar-refractivity contribution in [2.75, 3.05) is 11.1 Å². The molecule has 0 aliphatic carbocycles. The normalized spacial score (nSPS) is 11.6. The molecule has 1 amide bonds. The third kappa shape index (κ3) is 4.48. The number of aromatic nitrogens is 5. The number of rotatable bonds is 5. The number of alkyl halides is 3. The number of anilines is 1. The lowest BCUT2D eigenvalue weighted by Crippen LogP contribution is -2.18. The molecule has 0 spiro atoms. The van der Waals surface area contributed by atoms with Crippen LogP contribution in [0.3, 0.4) is 0 Å². The van der Waals surface area contributed by atoms with E-state index in [-0.39, 0.29) is 11.4 Å². The first kappa shape index (κ1) is 20.7. The maximum atomic E-state index is 13.2. The van der Waals surface area contributed by atoms with Crippen LogP contribution in [0.4, 0.5) is 23.2 Å². The summed E-state index contributed by atoms with van der Waals surface area (Å²) >= 11 is 0.981. The minimum atomic E-state index is -4.59. The van der Waals surface area contributed by atoms with E-state index in [1.54, 1.807) is 0 Å². The molecule has 0 aliphatic heterocycles. The zero-order chi connectivity index (χ0) is 22.0. The average Bonchev–Trinajstić information content (AvgIpc) is 3.17. The molecule has 2 heterocycles. The Labute approximate surface area is 176 Å². The predicted octanol–water partition coefficient (Wildman–Crippen LogP) is 4.10. The summed E-state index contributed by atoms with van der Waals surface area (Å²) in [5, 5.41) is 10.6. The number of para-hydroxylation sites is 1. The van der Waals surface area contributed by atoms with Gasteiger partial charge in [-0.15, -0.1) is 5.10 Å². The third-order valence-electron chi connectivity index (χ3n) is 4.12. The number of carbonyl (C=O) groups excluding carboxylic acids is 1. The average molecular weight is 448 g/mol. The first-order valence-corrected chi connectivity index (χ1v) is 9.73. The Balaban J connectivity index is 1.51. The van der Waals surface area contributed by atoms with Crippen LogP contribution in [0.25, 0.3) is 16.9 Å². The van der Waals surface area contributed by atoms with Gasteiger partial charge in [-0.05, 0) is 36.4 Å². The molecular weight excluding hydrogens is 436 g/mol. The number of benzene rings is 2. The van der Waals surface area contributed by atoms with E-state index in [4.69, 9.17) is 0 Å². The van der Waals surface area contributed by atoms with Crippen LogP contribution in [-0.4, -0.2) is 36.6 Å². The number of nitrogens with one attached hydrogen (secondary N) is 1. The number of fused-ring (bicyclic) bond motifs is 1. The Morgan fingerprint density at radius 3 is 2.55 bits per heavy atom. The molecule has 0 saturated heterocycles. The predicted molar refractivity (Wildman–Crippen MR) is 105 cm³/mol. The molecular formula is C19H12F4N6OS. The van der Waals surface area contributed by atoms with Crippen molar-refractivity contribution in [3.05, 3.63) is 66.2 Å². The highest BCUT2D eigenvalue weighted by Gasteiger charge is 2.33. The lowest BCUT2D eigenvalue weighted by Gasteiger charge is -2.13. The topological polar surface area (TPSA) is 85.6 Å². The zero-order valence-electron chi connectivity index (χ0n) is 15.5. The Kier molecular flexibility index (Phi) is 5.55. The molecule has 0 radical (unpaired) electrons. The van der Waals surface area contributed by atoms with Crippen molar-refractivity contribution in [1.29, 1.82) is 0 Å². The summed E-state index contributed by atoms with van der Waals surface area (Å²) in [6.45, 7) is 0. The highest BCUT2D eigenvalue weighted by molar-refractivity contribution is 8.00. The van der Waals surface area contributed by atoms with Gasteiger partial charge in [-0.2, -0.15) is 17.9 Å². The van der Waals surface area contributed by atoms with Gasteiger partial charge in [-0.3, -0.25) is 4.79 Å². The van der Waals surface area contributed by atoms with Crippen molar-refractivity contribution in [2.24, 2.45) is 0 Å². The molecule has 4 rings (SSSR count). The van der Waals surface area contributed by atoms with Crippen LogP contribution in [0.2, 0.25) is 0 Å². The molecule has 0 aliphatic rings. The molecule has 12 heteroatoms. The van der Waals surface area contributed by atoms with E-state index in [0.29, 0.717) is 21.9 Å². The maximum Gasteiger partial charge on any atom is 0.418 e. The van der Waals surface area contributed by atoms with Crippen LogP contribution in [0, 0.1) is 5.82 Å². The fourth-order valence-electron chi connectivity index (χ4n) is 2.75. The van der Waals surface area contributed by atoms with Crippen LogP contribution >= 0.6 is 11.8 Å². The van der Waals surface area contributed by atoms with Gasteiger partial charge in [-0.25, -0.2) is 14.4 Å². The lowest BCUT2D eigenvalue weighted by molar-refractivity contribution is -0.137. The van der Waals surface area contributed by atoms with E-state index in [9.17, 15) is 22.4 Å². The van der Waals surface area contributed by atoms with Gasteiger partial charge < -0.3 is 5.32 Å². The van der Waals surface area contributed by atoms with Crippen molar-refractivity contribution in [2.45, 2.75) is 11.2 Å². The molecule has 2 aromatic heterocycles. The smallest absolute Gasteiger partial charge is 0.325 e. The maximum absolute atomic E-state index is 13.2. The summed E-state index contributed by atoms with van der Waals surface area (Å²) in [4.78, 5) is 20.4. The number of thioether (sulfide) groups is 1. The van der Waals surface area contributed by atoms with E-state index in [2.05, 4.69) is 25.6 Å². The van der Waals surface area contributed by atoms with E-state index in [0.717, 1.165) is 17.8 Å². The van der Waals surface area contributed by atoms with Gasteiger partial charge >= 0.3 is 6.18 Å². The second-order valence-corrected chi connectivity index (χ2v) is 7.17. The SMILES string of the molecule is O=C(CSc1ncnc2c1nnn2-c1ccc(F)cc1)Nc1ccccc1C(F)(F)F. The van der Waals surface area contributed by atoms with Gasteiger partial charge in [0, 0.05) is 0 Å². The molecule has 0 atom stereocenters. The quantitative estimate of drug-likeness (QED) is 0.281. The Hall–Kier alpha value is -3.54. The van der Waals surface area contributed by atoms with Gasteiger partial charge in [0.15, 0.2) is 11.2 Å². The van der Waals surface area contributed by atoms with Crippen molar-refractivity contribution in [1.82, 2.24) is 25.0 Å². The standard InChI is InChI=1S/C19H12F4N6OS/c20-11-5-7-12(8-6-11)29-17-16(27-28-29)18(25-10-24-17)31-9-15(30)26-14-4-2-1-3-13(14)19(21,22)23/h1-8,10H,9H2,(H,26,30). The molecule has 2 aromatic carbocycles. The molecule has 7 nitrogen and oxygen atoms in total. The van der Waals surface area contributed by atoms with E-state index in [1.165, 1.54) is 53.5 Å². The number of halogens is 4. The third-order valence-corrected chi connectivity index (χ3v) is 5.10. The van der Waals surface area contributed by atoms with E-state index >= 15 is 0 Å². The van der Waals surface area contributed by atoms with Crippen molar-refractivity contribution < 1.29 is 22.4 Å². The second-order valence-electron chi connectivity index (χ2n) is 6.21. The Morgan fingerprint density at radius 1 is 1.06 bits per heavy atom. The van der Waals surface area contributed by atoms with Crippen LogP contribution < -0.4 is 5.32 Å². The monoisotopic (exact) mass is 448 g/mol. The van der Waals surface area contributed by atoms with Gasteiger partial charge in [0.05, 0.1) is 22.7 Å². The van der Waals surface area contributed by atoms with Gasteiger partial charge in [-0.1, -0.05) is 29.1 Å². The van der Waals surface area contributed by atoms with Crippen LogP contribution in [0.5, 0.6) is 0 Å². The van der Waals surface area contributed by atoms with Crippen LogP contribution in [0.1, 0.15) is 5.56 Å². The van der Waals surface area contributed by atoms with Crippen molar-refractivity contribution >= 4 is 34.5 Å². The molecule has 0 bridgehead atoms. The first-order chi connectivity index (χ1) is 14.8. The number of hydrogen-bond donors (Lipinski definition) is 1. The molecule has 31 heavy (non-hydrogen) atoms. The summed E-state index contributed by atoms with van der Waals surface area (Å²) in [6, 6.07) is 10.3. The van der Waals surface area contributed by atoms with Gasteiger partial charge in [0.2, 0.25) is 5.91 Å². The summed E-state index contributed by atoms with van der Waals surface area (Å²) in [6.07, 6.45) is -3.33. The first-order valence-electron chi connectivity index (χ1n) is 8.74. The summed E-state index contributed by atoms with van der Waals surface area (Å²) < 4.78 is 53.8. The molecule has 4 aromatic rings. The van der Waals surface area contributed by atoms with Crippen molar-refractivity contribution in [3.63, 3.8) is 0 Å². The summed E-state index contributed by atoms with van der Waals surface area (Å²) in [7, 11) is 0. The minimum absolute atomic E-state index is 0.207. The molecule has 1 N–H and O–H groups in total. The molecule has 158 valence electrons. The highest BCUT2D eigenvalue weighted by atomic mass is 32.2. The summed E-state index contributed by atoms with van der Waals surface area (Å²) in [5.74, 6) is -1.25. The second kappa shape index (κ2) is 8.30. The fraction of sp³-hybridized carbons (Fsp3) is 0.105. The van der Waals surface area contributed by atoms with Crippen molar-refractivity contribution in [3.8, 4) is 5.69 Å². The number of hydrogen-bond acceptors (Lipinski definition) is 6. The summed E-state index contributed by atoms with van der Waals surface area (Å²) in [5.41, 5.74) is -0.0805. The van der Waals surface area contributed by atoms with Crippen LogP contribution in [0.15, 0.2) is 59.9 Å². The zero-order valence-corrected chi connectivity index (χ0v) is 16.3. The van der Waals surface area contributed by atoms with E-state index < -0.39 is 23.5 Å². The Bertz CT molecular complexity index is 1240. The lowest BCUT2D eigenvalue weighted by atomic mass is 10.1. The minimum Gasteiger partial charge on any atom is -0.325 e. The number of amides is 1. The highest BCUT2D eigenvalue weighted by Crippen LogP contribution is 2.34. The number of carbonyl (C=O) groups is 1. The molecule has 0 fully saturated rings. The molecule has 0 unspecified atom stereocenters.